The molecular formula is C28H28N2O3S. The number of aryl methyl sites for hydroxylation is 2. The Kier molecular flexibility index (Phi) is 7.38. The van der Waals surface area contributed by atoms with Crippen LogP contribution >= 0.6 is 11.8 Å². The Balaban J connectivity index is 1.54. The third-order valence-electron chi connectivity index (χ3n) is 5.55. The van der Waals surface area contributed by atoms with E-state index >= 15 is 0 Å². The normalized spacial score (nSPS) is 15.9. The van der Waals surface area contributed by atoms with Gasteiger partial charge in [0.2, 0.25) is 0 Å². The number of aliphatic imine (C=N–C) groups is 1. The Labute approximate surface area is 205 Å². The number of amidine groups is 1. The number of para-hydroxylation sites is 1. The molecule has 0 spiro atoms. The molecule has 174 valence electrons. The lowest BCUT2D eigenvalue weighted by Gasteiger charge is -2.12. The average molecular weight is 473 g/mol. The van der Waals surface area contributed by atoms with Gasteiger partial charge in [-0.05, 0) is 66.1 Å². The highest BCUT2D eigenvalue weighted by Gasteiger charge is 2.30. The molecule has 0 saturated carbocycles. The number of likely N-dealkylation sites (N-methyl/N-ethyl adjacent to an activating group) is 1. The van der Waals surface area contributed by atoms with Crippen LogP contribution < -0.4 is 9.47 Å². The quantitative estimate of drug-likeness (QED) is 0.375. The van der Waals surface area contributed by atoms with Crippen molar-refractivity contribution in [2.45, 2.75) is 26.9 Å². The van der Waals surface area contributed by atoms with E-state index in [1.807, 2.05) is 54.6 Å². The fourth-order valence-electron chi connectivity index (χ4n) is 3.68. The van der Waals surface area contributed by atoms with Gasteiger partial charge in [0.25, 0.3) is 5.91 Å². The molecule has 0 bridgehead atoms. The van der Waals surface area contributed by atoms with E-state index in [9.17, 15) is 4.79 Å². The summed E-state index contributed by atoms with van der Waals surface area (Å²) in [5.74, 6) is 1.21. The van der Waals surface area contributed by atoms with E-state index in [1.165, 1.54) is 17.3 Å². The first-order valence-corrected chi connectivity index (χ1v) is 12.0. The third-order valence-corrected chi connectivity index (χ3v) is 6.61. The zero-order valence-corrected chi connectivity index (χ0v) is 20.7. The van der Waals surface area contributed by atoms with Crippen LogP contribution in [0.2, 0.25) is 0 Å². The lowest BCUT2D eigenvalue weighted by atomic mass is 10.1. The largest absolute Gasteiger partial charge is 0.493 e. The monoisotopic (exact) mass is 472 g/mol. The average Bonchev–Trinajstić information content (AvgIpc) is 3.11. The number of benzene rings is 3. The van der Waals surface area contributed by atoms with Gasteiger partial charge in [-0.3, -0.25) is 9.69 Å². The molecule has 0 aromatic heterocycles. The third kappa shape index (κ3) is 5.34. The first-order valence-electron chi connectivity index (χ1n) is 11.2. The molecule has 1 saturated heterocycles. The first-order chi connectivity index (χ1) is 16.5. The molecule has 0 radical (unpaired) electrons. The number of carbonyl (C=O) groups is 1. The van der Waals surface area contributed by atoms with Crippen molar-refractivity contribution in [3.05, 3.63) is 93.9 Å². The number of hydrogen-bond acceptors (Lipinski definition) is 5. The van der Waals surface area contributed by atoms with E-state index in [1.54, 1.807) is 19.1 Å². The highest BCUT2D eigenvalue weighted by atomic mass is 32.2. The SMILES string of the molecule is CCc1ccccc1N=C1S/C(=C/c2ccc(OCc3cccc(C)c3)c(OC)c2)C(=O)N1C. The van der Waals surface area contributed by atoms with Crippen LogP contribution in [-0.4, -0.2) is 30.1 Å². The summed E-state index contributed by atoms with van der Waals surface area (Å²) in [6.45, 7) is 4.62. The topological polar surface area (TPSA) is 51.1 Å². The molecule has 1 aliphatic heterocycles. The van der Waals surface area contributed by atoms with Crippen molar-refractivity contribution >= 4 is 34.6 Å². The number of methoxy groups -OCH3 is 1. The molecule has 0 aliphatic carbocycles. The molecule has 0 N–H and O–H groups in total. The summed E-state index contributed by atoms with van der Waals surface area (Å²) in [5.41, 5.74) is 5.20. The van der Waals surface area contributed by atoms with Gasteiger partial charge in [0.1, 0.15) is 6.61 Å². The van der Waals surface area contributed by atoms with Crippen LogP contribution in [0.1, 0.15) is 29.2 Å². The molecule has 1 heterocycles. The van der Waals surface area contributed by atoms with Crippen molar-refractivity contribution in [2.24, 2.45) is 4.99 Å². The number of nitrogens with zero attached hydrogens (tertiary/aromatic N) is 2. The number of ether oxygens (including phenoxy) is 2. The molecule has 3 aromatic carbocycles. The van der Waals surface area contributed by atoms with Gasteiger partial charge >= 0.3 is 0 Å². The predicted molar refractivity (Wildman–Crippen MR) is 140 cm³/mol. The Hall–Kier alpha value is -3.51. The van der Waals surface area contributed by atoms with E-state index in [2.05, 4.69) is 32.0 Å². The van der Waals surface area contributed by atoms with Gasteiger partial charge in [-0.2, -0.15) is 0 Å². The molecule has 1 aliphatic rings. The molecule has 1 fully saturated rings. The van der Waals surface area contributed by atoms with Gasteiger partial charge in [0, 0.05) is 7.05 Å². The zero-order chi connectivity index (χ0) is 24.1. The highest BCUT2D eigenvalue weighted by Crippen LogP contribution is 2.36. The minimum absolute atomic E-state index is 0.0727. The lowest BCUT2D eigenvalue weighted by molar-refractivity contribution is -0.121. The van der Waals surface area contributed by atoms with Crippen molar-refractivity contribution in [1.29, 1.82) is 0 Å². The van der Waals surface area contributed by atoms with E-state index in [-0.39, 0.29) is 5.91 Å². The zero-order valence-electron chi connectivity index (χ0n) is 19.9. The summed E-state index contributed by atoms with van der Waals surface area (Å²) in [6, 6.07) is 21.9. The van der Waals surface area contributed by atoms with Crippen molar-refractivity contribution < 1.29 is 14.3 Å². The van der Waals surface area contributed by atoms with Crippen molar-refractivity contribution in [3.63, 3.8) is 0 Å². The number of hydrogen-bond donors (Lipinski definition) is 0. The molecule has 0 atom stereocenters. The maximum atomic E-state index is 12.9. The van der Waals surface area contributed by atoms with E-state index < -0.39 is 0 Å². The number of carbonyl (C=O) groups excluding carboxylic acids is 1. The number of amides is 1. The van der Waals surface area contributed by atoms with Gasteiger partial charge in [0.05, 0.1) is 17.7 Å². The van der Waals surface area contributed by atoms with Crippen LogP contribution in [0.4, 0.5) is 5.69 Å². The maximum absolute atomic E-state index is 12.9. The Morgan fingerprint density at radius 1 is 1.03 bits per heavy atom. The van der Waals surface area contributed by atoms with E-state index in [0.29, 0.717) is 28.2 Å². The van der Waals surface area contributed by atoms with Crippen LogP contribution in [0.15, 0.2) is 76.6 Å². The second-order valence-electron chi connectivity index (χ2n) is 8.04. The summed E-state index contributed by atoms with van der Waals surface area (Å²) < 4.78 is 11.5. The van der Waals surface area contributed by atoms with Crippen LogP contribution in [0.25, 0.3) is 6.08 Å². The van der Waals surface area contributed by atoms with Crippen molar-refractivity contribution in [1.82, 2.24) is 4.90 Å². The summed E-state index contributed by atoms with van der Waals surface area (Å²) in [6.07, 6.45) is 2.75. The van der Waals surface area contributed by atoms with Gasteiger partial charge < -0.3 is 9.47 Å². The Bertz CT molecular complexity index is 1270. The Morgan fingerprint density at radius 2 is 1.85 bits per heavy atom. The van der Waals surface area contributed by atoms with E-state index in [4.69, 9.17) is 14.5 Å². The first kappa shape index (κ1) is 23.6. The molecular weight excluding hydrogens is 444 g/mol. The van der Waals surface area contributed by atoms with Gasteiger partial charge in [-0.25, -0.2) is 4.99 Å². The standard InChI is InChI=1S/C28H28N2O3S/c1-5-22-11-6-7-12-23(22)29-28-30(3)27(31)26(34-28)17-20-13-14-24(25(16-20)32-4)33-18-21-10-8-9-19(2)15-21/h6-17H,5,18H2,1-4H3/b26-17+,29-28?. The summed E-state index contributed by atoms with van der Waals surface area (Å²) in [5, 5.41) is 0.669. The number of rotatable bonds is 7. The molecule has 0 unspecified atom stereocenters. The van der Waals surface area contributed by atoms with Crippen LogP contribution in [-0.2, 0) is 17.8 Å². The Morgan fingerprint density at radius 3 is 2.62 bits per heavy atom. The van der Waals surface area contributed by atoms with Crippen LogP contribution in [0.3, 0.4) is 0 Å². The van der Waals surface area contributed by atoms with E-state index in [0.717, 1.165) is 28.8 Å². The van der Waals surface area contributed by atoms with Gasteiger partial charge in [-0.1, -0.05) is 61.0 Å². The molecule has 5 nitrogen and oxygen atoms in total. The molecule has 34 heavy (non-hydrogen) atoms. The molecule has 3 aromatic rings. The highest BCUT2D eigenvalue weighted by molar-refractivity contribution is 8.18. The van der Waals surface area contributed by atoms with Crippen LogP contribution in [0, 0.1) is 6.92 Å². The predicted octanol–water partition coefficient (Wildman–Crippen LogP) is 6.38. The van der Waals surface area contributed by atoms with Gasteiger partial charge in [0.15, 0.2) is 16.7 Å². The van der Waals surface area contributed by atoms with Crippen LogP contribution in [0.5, 0.6) is 11.5 Å². The second-order valence-corrected chi connectivity index (χ2v) is 9.05. The second kappa shape index (κ2) is 10.6. The minimum atomic E-state index is -0.0727. The lowest BCUT2D eigenvalue weighted by Crippen LogP contribution is -2.23. The molecule has 4 rings (SSSR count). The summed E-state index contributed by atoms with van der Waals surface area (Å²) in [7, 11) is 3.37. The fourth-order valence-corrected chi connectivity index (χ4v) is 4.66. The smallest absolute Gasteiger partial charge is 0.266 e. The maximum Gasteiger partial charge on any atom is 0.266 e. The fraction of sp³-hybridized carbons (Fsp3) is 0.214. The van der Waals surface area contributed by atoms with Crippen molar-refractivity contribution in [3.8, 4) is 11.5 Å². The van der Waals surface area contributed by atoms with Crippen molar-refractivity contribution in [2.75, 3.05) is 14.2 Å². The number of thioether (sulfide) groups is 1. The molecule has 6 heteroatoms. The molecule has 1 amide bonds. The summed E-state index contributed by atoms with van der Waals surface area (Å²) in [4.78, 5) is 19.8. The van der Waals surface area contributed by atoms with Gasteiger partial charge in [-0.15, -0.1) is 0 Å². The summed E-state index contributed by atoms with van der Waals surface area (Å²) >= 11 is 1.38. The minimum Gasteiger partial charge on any atom is -0.493 e.